The van der Waals surface area contributed by atoms with Crippen LogP contribution in [0.4, 0.5) is 0 Å². The molecule has 56 valence electrons. The second-order valence-corrected chi connectivity index (χ2v) is 4.66. The first-order valence-corrected chi connectivity index (χ1v) is 4.36. The maximum Gasteiger partial charge on any atom is 0.190 e. The molecule has 9 heavy (non-hydrogen) atoms. The number of hydrogen-bond acceptors (Lipinski definition) is 0. The van der Waals surface area contributed by atoms with Crippen LogP contribution in [-0.2, 0) is 0 Å². The van der Waals surface area contributed by atoms with E-state index in [1.54, 1.807) is 0 Å². The Hall–Kier alpha value is 1.16. The molecule has 0 radical (unpaired) electrons. The third-order valence-electron chi connectivity index (χ3n) is 0.844. The Morgan fingerprint density at radius 1 is 1.00 bits per heavy atom. The van der Waals surface area contributed by atoms with Gasteiger partial charge in [0.05, 0.1) is 0 Å². The van der Waals surface area contributed by atoms with E-state index in [1.807, 2.05) is 0 Å². The van der Waals surface area contributed by atoms with E-state index in [9.17, 15) is 0 Å². The Bertz CT molecular complexity index is 65.8. The Morgan fingerprint density at radius 2 is 1.56 bits per heavy atom. The van der Waals surface area contributed by atoms with Crippen molar-refractivity contribution in [1.82, 2.24) is 0 Å². The van der Waals surface area contributed by atoms with Gasteiger partial charge in [-0.05, 0) is 19.3 Å². The predicted molar refractivity (Wildman–Crippen MR) is 44.9 cm³/mol. The average molecular weight is 210 g/mol. The summed E-state index contributed by atoms with van der Waals surface area (Å²) in [5.74, 6) is 0.640. The molecule has 0 atom stereocenters. The first-order valence-electron chi connectivity index (χ1n) is 2.69. The smallest absolute Gasteiger partial charge is 0.127 e. The van der Waals surface area contributed by atoms with Gasteiger partial charge in [-0.1, -0.05) is 34.8 Å². The van der Waals surface area contributed by atoms with Crippen molar-refractivity contribution in [2.24, 2.45) is 0 Å². The fourth-order valence-electron chi connectivity index (χ4n) is 0.420. The lowest BCUT2D eigenvalue weighted by molar-refractivity contribution is 0.737. The van der Waals surface area contributed by atoms with Gasteiger partial charge in [0.1, 0.15) is 0 Å². The molecule has 0 fully saturated rings. The zero-order valence-corrected chi connectivity index (χ0v) is 7.86. The molecule has 0 aliphatic rings. The summed E-state index contributed by atoms with van der Waals surface area (Å²) < 4.78 is -1.09. The average Bonchev–Trinajstić information content (AvgIpc) is 1.63. The van der Waals surface area contributed by atoms with E-state index in [2.05, 4.69) is 0 Å². The predicted octanol–water partition coefficient (Wildman–Crippen LogP) is 3.77. The standard InChI is InChI=1S/C5H8Cl4/c6-4-2-1-3-5(7,8)9/h1-4H2. The highest BCUT2D eigenvalue weighted by molar-refractivity contribution is 6.67. The van der Waals surface area contributed by atoms with E-state index in [0.717, 1.165) is 12.8 Å². The summed E-state index contributed by atoms with van der Waals surface area (Å²) in [5.41, 5.74) is 0. The van der Waals surface area contributed by atoms with Crippen LogP contribution in [0.3, 0.4) is 0 Å². The van der Waals surface area contributed by atoms with Gasteiger partial charge in [-0.2, -0.15) is 0 Å². The zero-order chi connectivity index (χ0) is 7.33. The van der Waals surface area contributed by atoms with E-state index < -0.39 is 3.79 Å². The number of hydrogen-bond donors (Lipinski definition) is 0. The second kappa shape index (κ2) is 4.90. The number of alkyl halides is 4. The summed E-state index contributed by atoms with van der Waals surface area (Å²) in [5, 5.41) is 0. The highest BCUT2D eigenvalue weighted by atomic mass is 35.6. The monoisotopic (exact) mass is 208 g/mol. The SMILES string of the molecule is ClCCCCC(Cl)(Cl)Cl. The van der Waals surface area contributed by atoms with Crippen LogP contribution in [0.25, 0.3) is 0 Å². The van der Waals surface area contributed by atoms with Crippen molar-refractivity contribution < 1.29 is 0 Å². The summed E-state index contributed by atoms with van der Waals surface area (Å²) >= 11 is 21.8. The molecule has 0 saturated heterocycles. The minimum absolute atomic E-state index is 0.588. The van der Waals surface area contributed by atoms with Crippen LogP contribution in [0.1, 0.15) is 19.3 Å². The fraction of sp³-hybridized carbons (Fsp3) is 1.00. The summed E-state index contributed by atoms with van der Waals surface area (Å²) in [7, 11) is 0. The Labute approximate surface area is 75.4 Å². The van der Waals surface area contributed by atoms with E-state index in [1.165, 1.54) is 0 Å². The van der Waals surface area contributed by atoms with Crippen LogP contribution < -0.4 is 0 Å². The molecule has 0 saturated carbocycles. The van der Waals surface area contributed by atoms with Crippen LogP contribution in [0.15, 0.2) is 0 Å². The minimum atomic E-state index is -1.09. The van der Waals surface area contributed by atoms with Crippen molar-refractivity contribution in [2.45, 2.75) is 23.1 Å². The van der Waals surface area contributed by atoms with Crippen LogP contribution in [0, 0.1) is 0 Å². The van der Waals surface area contributed by atoms with Gasteiger partial charge in [0.25, 0.3) is 0 Å². The molecule has 0 rings (SSSR count). The van der Waals surface area contributed by atoms with Gasteiger partial charge >= 0.3 is 0 Å². The maximum absolute atomic E-state index is 5.46. The highest BCUT2D eigenvalue weighted by Crippen LogP contribution is 2.31. The fourth-order valence-corrected chi connectivity index (χ4v) is 1.01. The van der Waals surface area contributed by atoms with Gasteiger partial charge in [0, 0.05) is 5.88 Å². The molecule has 0 amide bonds. The van der Waals surface area contributed by atoms with E-state index in [0.29, 0.717) is 12.3 Å². The molecular weight excluding hydrogens is 202 g/mol. The molecule has 0 heterocycles. The van der Waals surface area contributed by atoms with Crippen molar-refractivity contribution in [2.75, 3.05) is 5.88 Å². The van der Waals surface area contributed by atoms with E-state index in [-0.39, 0.29) is 0 Å². The molecule has 0 spiro atoms. The Balaban J connectivity index is 3.07. The van der Waals surface area contributed by atoms with Gasteiger partial charge in [-0.15, -0.1) is 11.6 Å². The highest BCUT2D eigenvalue weighted by Gasteiger charge is 2.17. The van der Waals surface area contributed by atoms with E-state index in [4.69, 9.17) is 46.4 Å². The van der Waals surface area contributed by atoms with Crippen molar-refractivity contribution >= 4 is 46.4 Å². The van der Waals surface area contributed by atoms with Gasteiger partial charge in [-0.25, -0.2) is 0 Å². The zero-order valence-electron chi connectivity index (χ0n) is 4.84. The minimum Gasteiger partial charge on any atom is -0.127 e. The molecule has 0 bridgehead atoms. The molecule has 0 aromatic carbocycles. The molecule has 0 N–H and O–H groups in total. The molecular formula is C5H8Cl4. The number of rotatable bonds is 3. The van der Waals surface area contributed by atoms with Crippen LogP contribution in [-0.4, -0.2) is 9.67 Å². The molecule has 0 aromatic heterocycles. The quantitative estimate of drug-likeness (QED) is 0.491. The molecule has 0 nitrogen and oxygen atoms in total. The summed E-state index contributed by atoms with van der Waals surface area (Å²) in [6.45, 7) is 0. The van der Waals surface area contributed by atoms with E-state index >= 15 is 0 Å². The number of unbranched alkanes of at least 4 members (excludes halogenated alkanes) is 1. The maximum atomic E-state index is 5.46. The van der Waals surface area contributed by atoms with Crippen LogP contribution in [0.2, 0.25) is 0 Å². The van der Waals surface area contributed by atoms with Crippen molar-refractivity contribution in [3.63, 3.8) is 0 Å². The van der Waals surface area contributed by atoms with Gasteiger partial charge in [-0.3, -0.25) is 0 Å². The lowest BCUT2D eigenvalue weighted by atomic mass is 10.3. The topological polar surface area (TPSA) is 0 Å². The summed E-state index contributed by atoms with van der Waals surface area (Å²) in [4.78, 5) is 0. The molecule has 0 aliphatic heterocycles. The lowest BCUT2D eigenvalue weighted by Crippen LogP contribution is -2.00. The Morgan fingerprint density at radius 3 is 1.89 bits per heavy atom. The molecule has 0 aromatic rings. The molecule has 4 heteroatoms. The molecule has 0 unspecified atom stereocenters. The molecule has 0 aliphatic carbocycles. The summed E-state index contributed by atoms with van der Waals surface area (Å²) in [6.07, 6.45) is 2.37. The third kappa shape index (κ3) is 9.16. The van der Waals surface area contributed by atoms with Crippen LogP contribution >= 0.6 is 46.4 Å². The van der Waals surface area contributed by atoms with Crippen molar-refractivity contribution in [3.8, 4) is 0 Å². The second-order valence-electron chi connectivity index (χ2n) is 1.76. The van der Waals surface area contributed by atoms with Crippen molar-refractivity contribution in [3.05, 3.63) is 0 Å². The first-order chi connectivity index (χ1) is 4.06. The Kier molecular flexibility index (Phi) is 5.53. The third-order valence-corrected chi connectivity index (χ3v) is 1.68. The first kappa shape index (κ1) is 10.2. The van der Waals surface area contributed by atoms with Crippen LogP contribution in [0.5, 0.6) is 0 Å². The van der Waals surface area contributed by atoms with Gasteiger partial charge in [0.2, 0.25) is 0 Å². The number of halogens is 4. The normalized spacial score (nSPS) is 12.0. The van der Waals surface area contributed by atoms with Gasteiger partial charge in [0.15, 0.2) is 3.79 Å². The van der Waals surface area contributed by atoms with Crippen molar-refractivity contribution in [1.29, 1.82) is 0 Å². The largest absolute Gasteiger partial charge is 0.190 e. The van der Waals surface area contributed by atoms with Gasteiger partial charge < -0.3 is 0 Å². The lowest BCUT2D eigenvalue weighted by Gasteiger charge is -2.08. The summed E-state index contributed by atoms with van der Waals surface area (Å²) in [6, 6.07) is 0.